The number of rotatable bonds is 3. The van der Waals surface area contributed by atoms with E-state index >= 15 is 0 Å². The third kappa shape index (κ3) is 25.9. The molecule has 0 bridgehead atoms. The maximum Gasteiger partial charge on any atom is 0.302 e. The van der Waals surface area contributed by atoms with Crippen molar-refractivity contribution in [3.63, 3.8) is 0 Å². The molecule has 0 aromatic rings. The van der Waals surface area contributed by atoms with Crippen LogP contribution in [0.25, 0.3) is 0 Å². The van der Waals surface area contributed by atoms with E-state index in [1.54, 1.807) is 6.92 Å². The summed E-state index contributed by atoms with van der Waals surface area (Å²) >= 11 is 5.30. The van der Waals surface area contributed by atoms with Gasteiger partial charge in [0.1, 0.15) is 0 Å². The fourth-order valence-electron chi connectivity index (χ4n) is 0.337. The van der Waals surface area contributed by atoms with E-state index < -0.39 is 0 Å². The van der Waals surface area contributed by atoms with Gasteiger partial charge in [0.05, 0.1) is 6.61 Å². The van der Waals surface area contributed by atoms with E-state index in [2.05, 4.69) is 11.7 Å². The van der Waals surface area contributed by atoms with E-state index in [4.69, 9.17) is 11.6 Å². The van der Waals surface area contributed by atoms with Gasteiger partial charge in [-0.15, -0.1) is 11.6 Å². The second-order valence-electron chi connectivity index (χ2n) is 1.97. The Bertz CT molecular complexity index is 82.2. The number of alkyl halides is 1. The van der Waals surface area contributed by atoms with Crippen molar-refractivity contribution in [2.75, 3.05) is 12.5 Å². The van der Waals surface area contributed by atoms with E-state index in [0.29, 0.717) is 6.61 Å². The van der Waals surface area contributed by atoms with Gasteiger partial charge in [-0.3, -0.25) is 4.79 Å². The number of carbonyl (C=O) groups is 1. The van der Waals surface area contributed by atoms with Crippen LogP contribution in [0.5, 0.6) is 0 Å². The zero-order chi connectivity index (χ0) is 9.11. The van der Waals surface area contributed by atoms with Gasteiger partial charge in [0, 0.05) is 12.8 Å². The summed E-state index contributed by atoms with van der Waals surface area (Å²) in [6.45, 7) is 5.78. The highest BCUT2D eigenvalue weighted by Gasteiger charge is 1.81. The van der Waals surface area contributed by atoms with Crippen molar-refractivity contribution in [2.24, 2.45) is 0 Å². The summed E-state index contributed by atoms with van der Waals surface area (Å²) in [7, 11) is 0. The standard InChI is InChI=1S/C4H9Cl.C4H8O2/c1-2-3-4-5;1-3-6-4(2)5/h2-4H2,1H3;3H2,1-2H3. The van der Waals surface area contributed by atoms with Crippen LogP contribution in [0.15, 0.2) is 0 Å². The molecule has 68 valence electrons. The quantitative estimate of drug-likeness (QED) is 0.493. The molecule has 0 aliphatic rings. The molecule has 0 atom stereocenters. The molecule has 0 aromatic carbocycles. The Hall–Kier alpha value is -0.240. The van der Waals surface area contributed by atoms with Gasteiger partial charge < -0.3 is 4.74 Å². The van der Waals surface area contributed by atoms with E-state index in [1.807, 2.05) is 0 Å². The van der Waals surface area contributed by atoms with E-state index in [9.17, 15) is 4.79 Å². The molecule has 0 radical (unpaired) electrons. The van der Waals surface area contributed by atoms with Gasteiger partial charge in [-0.2, -0.15) is 0 Å². The molecule has 0 aliphatic carbocycles. The van der Waals surface area contributed by atoms with Crippen LogP contribution in [0.2, 0.25) is 0 Å². The molecule has 0 fully saturated rings. The molecule has 2 nitrogen and oxygen atoms in total. The van der Waals surface area contributed by atoms with Crippen molar-refractivity contribution < 1.29 is 9.53 Å². The highest BCUT2D eigenvalue weighted by molar-refractivity contribution is 6.17. The lowest BCUT2D eigenvalue weighted by Crippen LogP contribution is -1.95. The van der Waals surface area contributed by atoms with Crippen molar-refractivity contribution in [3.05, 3.63) is 0 Å². The molecule has 0 heterocycles. The molecule has 0 aromatic heterocycles. The third-order valence-electron chi connectivity index (χ3n) is 0.835. The van der Waals surface area contributed by atoms with Crippen LogP contribution in [-0.2, 0) is 9.53 Å². The first-order valence-electron chi connectivity index (χ1n) is 3.88. The van der Waals surface area contributed by atoms with Crippen LogP contribution in [0.3, 0.4) is 0 Å². The summed E-state index contributed by atoms with van der Waals surface area (Å²) in [6.07, 6.45) is 2.37. The minimum Gasteiger partial charge on any atom is -0.466 e. The van der Waals surface area contributed by atoms with Crippen LogP contribution in [-0.4, -0.2) is 18.5 Å². The summed E-state index contributed by atoms with van der Waals surface area (Å²) in [5.41, 5.74) is 0. The lowest BCUT2D eigenvalue weighted by Gasteiger charge is -1.89. The Balaban J connectivity index is 0. The van der Waals surface area contributed by atoms with Crippen molar-refractivity contribution in [2.45, 2.75) is 33.6 Å². The second-order valence-corrected chi connectivity index (χ2v) is 2.35. The number of ether oxygens (including phenoxy) is 1. The van der Waals surface area contributed by atoms with Gasteiger partial charge in [0.15, 0.2) is 0 Å². The molecule has 0 saturated heterocycles. The Kier molecular flexibility index (Phi) is 15.1. The van der Waals surface area contributed by atoms with Crippen LogP contribution in [0.1, 0.15) is 33.6 Å². The SMILES string of the molecule is CCCCCl.CCOC(C)=O. The fourth-order valence-corrected chi connectivity index (χ4v) is 0.604. The molecule has 3 heteroatoms. The zero-order valence-electron chi connectivity index (χ0n) is 7.52. The predicted molar refractivity (Wildman–Crippen MR) is 47.9 cm³/mol. The molecular formula is C8H17ClO2. The summed E-state index contributed by atoms with van der Waals surface area (Å²) in [4.78, 5) is 9.82. The summed E-state index contributed by atoms with van der Waals surface area (Å²) in [5, 5.41) is 0. The van der Waals surface area contributed by atoms with Crippen molar-refractivity contribution in [1.82, 2.24) is 0 Å². The second kappa shape index (κ2) is 12.4. The minimum absolute atomic E-state index is 0.211. The maximum absolute atomic E-state index is 9.82. The predicted octanol–water partition coefficient (Wildman–Crippen LogP) is 2.59. The number of carbonyl (C=O) groups excluding carboxylic acids is 1. The van der Waals surface area contributed by atoms with Crippen molar-refractivity contribution in [3.8, 4) is 0 Å². The lowest BCUT2D eigenvalue weighted by atomic mass is 10.4. The molecule has 0 saturated carbocycles. The Morgan fingerprint density at radius 1 is 1.45 bits per heavy atom. The molecule has 0 N–H and O–H groups in total. The summed E-state index contributed by atoms with van der Waals surface area (Å²) in [6, 6.07) is 0. The molecule has 0 spiro atoms. The summed E-state index contributed by atoms with van der Waals surface area (Å²) in [5.74, 6) is 0.605. The Morgan fingerprint density at radius 3 is 2.00 bits per heavy atom. The van der Waals surface area contributed by atoms with Gasteiger partial charge in [0.2, 0.25) is 0 Å². The summed E-state index contributed by atoms with van der Waals surface area (Å²) < 4.78 is 4.40. The van der Waals surface area contributed by atoms with Crippen LogP contribution in [0.4, 0.5) is 0 Å². The number of hydrogen-bond acceptors (Lipinski definition) is 2. The molecule has 11 heavy (non-hydrogen) atoms. The Labute approximate surface area is 73.9 Å². The smallest absolute Gasteiger partial charge is 0.302 e. The average molecular weight is 181 g/mol. The van der Waals surface area contributed by atoms with Crippen LogP contribution >= 0.6 is 11.6 Å². The average Bonchev–Trinajstić information content (AvgIpc) is 1.90. The van der Waals surface area contributed by atoms with Gasteiger partial charge >= 0.3 is 5.97 Å². The first-order valence-corrected chi connectivity index (χ1v) is 4.41. The number of hydrogen-bond donors (Lipinski definition) is 0. The molecule has 0 amide bonds. The third-order valence-corrected chi connectivity index (χ3v) is 1.10. The molecule has 0 aliphatic heterocycles. The number of halogens is 1. The normalized spacial score (nSPS) is 8.00. The van der Waals surface area contributed by atoms with Crippen LogP contribution in [0, 0.1) is 0 Å². The van der Waals surface area contributed by atoms with Gasteiger partial charge in [-0.25, -0.2) is 0 Å². The van der Waals surface area contributed by atoms with Gasteiger partial charge in [-0.1, -0.05) is 13.3 Å². The van der Waals surface area contributed by atoms with Gasteiger partial charge in [0.25, 0.3) is 0 Å². The largest absolute Gasteiger partial charge is 0.466 e. The molecule has 0 rings (SSSR count). The lowest BCUT2D eigenvalue weighted by molar-refractivity contribution is -0.140. The minimum atomic E-state index is -0.211. The van der Waals surface area contributed by atoms with E-state index in [1.165, 1.54) is 13.3 Å². The zero-order valence-corrected chi connectivity index (χ0v) is 8.28. The number of esters is 1. The topological polar surface area (TPSA) is 26.3 Å². The first kappa shape index (κ1) is 13.4. The fraction of sp³-hybridized carbons (Fsp3) is 0.875. The number of unbranched alkanes of at least 4 members (excludes halogenated alkanes) is 1. The highest BCUT2D eigenvalue weighted by Crippen LogP contribution is 1.86. The monoisotopic (exact) mass is 180 g/mol. The van der Waals surface area contributed by atoms with E-state index in [0.717, 1.165) is 12.3 Å². The maximum atomic E-state index is 9.82. The van der Waals surface area contributed by atoms with Crippen molar-refractivity contribution in [1.29, 1.82) is 0 Å². The van der Waals surface area contributed by atoms with E-state index in [-0.39, 0.29) is 5.97 Å². The van der Waals surface area contributed by atoms with Crippen LogP contribution < -0.4 is 0 Å². The Morgan fingerprint density at radius 2 is 2.00 bits per heavy atom. The molecule has 0 unspecified atom stereocenters. The highest BCUT2D eigenvalue weighted by atomic mass is 35.5. The van der Waals surface area contributed by atoms with Gasteiger partial charge in [-0.05, 0) is 13.3 Å². The first-order chi connectivity index (χ1) is 5.18. The van der Waals surface area contributed by atoms with Crippen molar-refractivity contribution >= 4 is 17.6 Å². The molecular weight excluding hydrogens is 164 g/mol.